The first-order chi connectivity index (χ1) is 6.36. The van der Waals surface area contributed by atoms with Crippen molar-refractivity contribution in [1.82, 2.24) is 0 Å². The van der Waals surface area contributed by atoms with Gasteiger partial charge in [0.25, 0.3) is 0 Å². The molecule has 1 N–H and O–H groups in total. The fraction of sp³-hybridized carbons (Fsp3) is 0. The second-order valence-electron chi connectivity index (χ2n) is 2.80. The Morgan fingerprint density at radius 3 is 2.00 bits per heavy atom. The Kier molecular flexibility index (Phi) is 3.48. The normalized spacial score (nSPS) is 9.14. The molecule has 14 heavy (non-hydrogen) atoms. The number of phenolic OH excluding ortho intramolecular Hbond substituents is 1. The number of rotatable bonds is 1. The molecule has 1 heterocycles. The minimum Gasteiger partial charge on any atom is -1.00 e. The van der Waals surface area contributed by atoms with Gasteiger partial charge in [-0.1, -0.05) is 6.07 Å². The maximum Gasteiger partial charge on any atom is 0.210 e. The van der Waals surface area contributed by atoms with Crippen LogP contribution in [0, 0.1) is 0 Å². The van der Waals surface area contributed by atoms with E-state index in [9.17, 15) is 0 Å². The molecule has 2 aromatic rings. The van der Waals surface area contributed by atoms with Crippen LogP contribution in [0.15, 0.2) is 54.9 Å². The van der Waals surface area contributed by atoms with E-state index < -0.39 is 0 Å². The van der Waals surface area contributed by atoms with Crippen molar-refractivity contribution in [3.8, 4) is 11.4 Å². The molecule has 0 unspecified atom stereocenters. The van der Waals surface area contributed by atoms with Crippen LogP contribution >= 0.6 is 0 Å². The van der Waals surface area contributed by atoms with Crippen LogP contribution in [0.4, 0.5) is 0 Å². The molecule has 0 aliphatic rings. The van der Waals surface area contributed by atoms with Gasteiger partial charge in [-0.25, -0.2) is 0 Å². The van der Waals surface area contributed by atoms with E-state index in [2.05, 4.69) is 0 Å². The van der Waals surface area contributed by atoms with E-state index in [1.54, 1.807) is 12.1 Å². The number of hydrogen-bond donors (Lipinski definition) is 1. The van der Waals surface area contributed by atoms with Gasteiger partial charge in [-0.05, 0) is 12.1 Å². The number of phenols is 1. The highest BCUT2D eigenvalue weighted by atomic mass is 35.5. The second-order valence-corrected chi connectivity index (χ2v) is 2.80. The lowest BCUT2D eigenvalue weighted by Gasteiger charge is -1.94. The Labute approximate surface area is 88.9 Å². The molecule has 0 atom stereocenters. The van der Waals surface area contributed by atoms with Crippen LogP contribution in [0.25, 0.3) is 5.69 Å². The number of halogens is 1. The monoisotopic (exact) mass is 207 g/mol. The minimum atomic E-state index is 0. The number of benzene rings is 1. The summed E-state index contributed by atoms with van der Waals surface area (Å²) in [6.07, 6.45) is 3.93. The molecule has 0 spiro atoms. The van der Waals surface area contributed by atoms with Crippen LogP contribution in [0.2, 0.25) is 0 Å². The molecule has 3 heteroatoms. The number of aromatic nitrogens is 1. The van der Waals surface area contributed by atoms with Crippen LogP contribution in [-0.2, 0) is 0 Å². The summed E-state index contributed by atoms with van der Waals surface area (Å²) in [4.78, 5) is 0. The summed E-state index contributed by atoms with van der Waals surface area (Å²) >= 11 is 0. The van der Waals surface area contributed by atoms with Crippen molar-refractivity contribution in [2.75, 3.05) is 0 Å². The predicted molar refractivity (Wildman–Crippen MR) is 49.6 cm³/mol. The van der Waals surface area contributed by atoms with Gasteiger partial charge in [-0.3, -0.25) is 0 Å². The second kappa shape index (κ2) is 4.63. The first-order valence-corrected chi connectivity index (χ1v) is 4.12. The molecule has 0 bridgehead atoms. The average Bonchev–Trinajstić information content (AvgIpc) is 2.20. The first-order valence-electron chi connectivity index (χ1n) is 4.12. The molecule has 2 rings (SSSR count). The number of aromatic hydroxyl groups is 1. The van der Waals surface area contributed by atoms with Gasteiger partial charge in [-0.2, -0.15) is 4.57 Å². The third kappa shape index (κ3) is 2.24. The summed E-state index contributed by atoms with van der Waals surface area (Å²) in [5.74, 6) is 0.292. The van der Waals surface area contributed by atoms with Crippen molar-refractivity contribution >= 4 is 0 Å². The molecule has 2 nitrogen and oxygen atoms in total. The Bertz CT molecular complexity index is 386. The van der Waals surface area contributed by atoms with Crippen LogP contribution in [0.5, 0.6) is 5.75 Å². The molecule has 1 aromatic heterocycles. The zero-order chi connectivity index (χ0) is 9.10. The largest absolute Gasteiger partial charge is 1.00 e. The van der Waals surface area contributed by atoms with Crippen LogP contribution in [0.3, 0.4) is 0 Å². The van der Waals surface area contributed by atoms with E-state index in [0.717, 1.165) is 5.69 Å². The van der Waals surface area contributed by atoms with Gasteiger partial charge in [0, 0.05) is 24.3 Å². The smallest absolute Gasteiger partial charge is 0.210 e. The molecule has 0 radical (unpaired) electrons. The van der Waals surface area contributed by atoms with E-state index in [1.165, 1.54) is 0 Å². The Morgan fingerprint density at radius 1 is 0.857 bits per heavy atom. The van der Waals surface area contributed by atoms with Gasteiger partial charge >= 0.3 is 0 Å². The molecule has 0 amide bonds. The first kappa shape index (κ1) is 10.5. The van der Waals surface area contributed by atoms with Gasteiger partial charge in [0.05, 0.1) is 0 Å². The lowest BCUT2D eigenvalue weighted by atomic mass is 10.3. The SMILES string of the molecule is Oc1ccc(-[n+]2ccccc2)cc1.[Cl-]. The van der Waals surface area contributed by atoms with Crippen molar-refractivity contribution in [2.24, 2.45) is 0 Å². The van der Waals surface area contributed by atoms with Crippen molar-refractivity contribution in [3.05, 3.63) is 54.9 Å². The summed E-state index contributed by atoms with van der Waals surface area (Å²) in [6, 6.07) is 13.0. The van der Waals surface area contributed by atoms with Crippen molar-refractivity contribution in [1.29, 1.82) is 0 Å². The third-order valence-electron chi connectivity index (χ3n) is 1.86. The van der Waals surface area contributed by atoms with Crippen molar-refractivity contribution in [3.63, 3.8) is 0 Å². The van der Waals surface area contributed by atoms with Crippen molar-refractivity contribution < 1.29 is 22.1 Å². The third-order valence-corrected chi connectivity index (χ3v) is 1.86. The highest BCUT2D eigenvalue weighted by Crippen LogP contribution is 2.08. The summed E-state index contributed by atoms with van der Waals surface area (Å²) in [7, 11) is 0. The standard InChI is InChI=1S/C11H9NO.ClH/c13-11-6-4-10(5-7-11)12-8-2-1-3-9-12;/h1-9H;1H. The molecule has 0 aliphatic heterocycles. The van der Waals surface area contributed by atoms with Gasteiger partial charge in [-0.15, -0.1) is 0 Å². The lowest BCUT2D eigenvalue weighted by molar-refractivity contribution is -0.595. The molecule has 0 saturated heterocycles. The number of nitrogens with zero attached hydrogens (tertiary/aromatic N) is 1. The minimum absolute atomic E-state index is 0. The Balaban J connectivity index is 0.000000980. The quantitative estimate of drug-likeness (QED) is 0.576. The van der Waals surface area contributed by atoms with Crippen LogP contribution in [0.1, 0.15) is 0 Å². The summed E-state index contributed by atoms with van der Waals surface area (Å²) < 4.78 is 1.99. The van der Waals surface area contributed by atoms with Gasteiger partial charge in [0.2, 0.25) is 5.69 Å². The fourth-order valence-electron chi connectivity index (χ4n) is 1.20. The zero-order valence-corrected chi connectivity index (χ0v) is 8.22. The van der Waals surface area contributed by atoms with E-state index in [0.29, 0.717) is 5.75 Å². The topological polar surface area (TPSA) is 24.1 Å². The maximum absolute atomic E-state index is 9.09. The highest BCUT2D eigenvalue weighted by Gasteiger charge is 2.02. The molecule has 0 fully saturated rings. The van der Waals surface area contributed by atoms with Crippen LogP contribution < -0.4 is 17.0 Å². The highest BCUT2D eigenvalue weighted by molar-refractivity contribution is 5.30. The van der Waals surface area contributed by atoms with Crippen LogP contribution in [-0.4, -0.2) is 5.11 Å². The Hall–Kier alpha value is -1.54. The zero-order valence-electron chi connectivity index (χ0n) is 7.47. The van der Waals surface area contributed by atoms with E-state index in [4.69, 9.17) is 5.11 Å². The molecule has 0 saturated carbocycles. The molecule has 1 aromatic carbocycles. The van der Waals surface area contributed by atoms with Gasteiger partial charge in [0.1, 0.15) is 5.75 Å². The average molecular weight is 208 g/mol. The summed E-state index contributed by atoms with van der Waals surface area (Å²) in [6.45, 7) is 0. The van der Waals surface area contributed by atoms with E-state index >= 15 is 0 Å². The maximum atomic E-state index is 9.09. The summed E-state index contributed by atoms with van der Waals surface area (Å²) in [5.41, 5.74) is 1.04. The fourth-order valence-corrected chi connectivity index (χ4v) is 1.20. The van der Waals surface area contributed by atoms with Gasteiger partial charge < -0.3 is 17.5 Å². The lowest BCUT2D eigenvalue weighted by Crippen LogP contribution is -3.00. The molecular formula is C11H10ClNO. The van der Waals surface area contributed by atoms with Crippen molar-refractivity contribution in [2.45, 2.75) is 0 Å². The number of pyridine rings is 1. The molecule has 72 valence electrons. The predicted octanol–water partition coefficient (Wildman–Crippen LogP) is -1.33. The summed E-state index contributed by atoms with van der Waals surface area (Å²) in [5, 5.41) is 9.09. The van der Waals surface area contributed by atoms with E-state index in [1.807, 2.05) is 47.3 Å². The van der Waals surface area contributed by atoms with Gasteiger partial charge in [0.15, 0.2) is 12.4 Å². The van der Waals surface area contributed by atoms with E-state index in [-0.39, 0.29) is 12.4 Å². The Morgan fingerprint density at radius 2 is 1.43 bits per heavy atom. The molecule has 0 aliphatic carbocycles. The number of hydrogen-bond acceptors (Lipinski definition) is 1. The molecular weight excluding hydrogens is 198 g/mol.